The molecule has 5 heteroatoms. The number of rotatable bonds is 0. The van der Waals surface area contributed by atoms with E-state index in [9.17, 15) is 0 Å². The third kappa shape index (κ3) is 1.96. The van der Waals surface area contributed by atoms with Gasteiger partial charge in [0.15, 0.2) is 0 Å². The Balaban J connectivity index is 0.000000446. The maximum Gasteiger partial charge on any atom is 0.0503 e. The first-order chi connectivity index (χ1) is 10.7. The van der Waals surface area contributed by atoms with Gasteiger partial charge in [-0.1, -0.05) is 18.2 Å². The molecule has 2 aromatic heterocycles. The number of para-hydroxylation sites is 1. The van der Waals surface area contributed by atoms with Gasteiger partial charge in [0, 0.05) is 34.1 Å². The van der Waals surface area contributed by atoms with E-state index in [1.54, 1.807) is 4.91 Å². The maximum absolute atomic E-state index is 6.86. The van der Waals surface area contributed by atoms with Crippen molar-refractivity contribution in [3.05, 3.63) is 64.3 Å². The molecule has 0 spiro atoms. The average Bonchev–Trinajstić information content (AvgIpc) is 2.93. The lowest BCUT2D eigenvalue weighted by Crippen LogP contribution is -1.87. The van der Waals surface area contributed by atoms with Crippen LogP contribution in [0.1, 0.15) is 11.1 Å². The van der Waals surface area contributed by atoms with Gasteiger partial charge in [0.05, 0.1) is 5.52 Å². The normalized spacial score (nSPS) is 10.5. The van der Waals surface area contributed by atoms with Crippen LogP contribution in [0.2, 0.25) is 0 Å². The molecule has 0 radical (unpaired) electrons. The minimum atomic E-state index is 1.20. The minimum Gasteiger partial charge on any atom is -0.354 e. The van der Waals surface area contributed by atoms with Crippen molar-refractivity contribution < 1.29 is 0 Å². The Morgan fingerprint density at radius 3 is 2.55 bits per heavy atom. The van der Waals surface area contributed by atoms with Crippen molar-refractivity contribution in [3.8, 4) is 0 Å². The molecule has 22 heavy (non-hydrogen) atoms. The molecule has 0 fully saturated rings. The molecule has 0 atom stereocenters. The van der Waals surface area contributed by atoms with Crippen molar-refractivity contribution in [2.75, 3.05) is 0 Å². The van der Waals surface area contributed by atoms with Crippen LogP contribution in [0.25, 0.3) is 43.0 Å². The van der Waals surface area contributed by atoms with E-state index in [-0.39, 0.29) is 0 Å². The second kappa shape index (κ2) is 5.39. The smallest absolute Gasteiger partial charge is 0.0503 e. The van der Waals surface area contributed by atoms with Crippen molar-refractivity contribution >= 4 is 32.6 Å². The first-order valence-electron chi connectivity index (χ1n) is 6.93. The van der Waals surface area contributed by atoms with Crippen molar-refractivity contribution in [2.45, 2.75) is 13.8 Å². The Morgan fingerprint density at radius 1 is 1.05 bits per heavy atom. The molecule has 0 aliphatic heterocycles. The topological polar surface area (TPSA) is 88.9 Å². The molecular weight excluding hydrogens is 274 g/mol. The maximum atomic E-state index is 6.86. The summed E-state index contributed by atoms with van der Waals surface area (Å²) < 4.78 is 0. The van der Waals surface area contributed by atoms with Gasteiger partial charge in [0.1, 0.15) is 0 Å². The van der Waals surface area contributed by atoms with E-state index in [1.165, 1.54) is 43.7 Å². The number of nitrogens with zero attached hydrogens (tertiary/aromatic N) is 3. The summed E-state index contributed by atoms with van der Waals surface area (Å²) in [5.74, 6) is 0. The first-order valence-corrected chi connectivity index (χ1v) is 6.93. The van der Waals surface area contributed by atoms with Crippen LogP contribution in [0.4, 0.5) is 0 Å². The Labute approximate surface area is 127 Å². The summed E-state index contributed by atoms with van der Waals surface area (Å²) in [4.78, 5) is 9.58. The van der Waals surface area contributed by atoms with Crippen LogP contribution in [-0.2, 0) is 0 Å². The highest BCUT2D eigenvalue weighted by atomic mass is 15.0. The molecule has 2 N–H and O–H groups in total. The second-order valence-electron chi connectivity index (χ2n) is 5.19. The predicted octanol–water partition coefficient (Wildman–Crippen LogP) is 5.36. The minimum absolute atomic E-state index is 1.20. The summed E-state index contributed by atoms with van der Waals surface area (Å²) in [6, 6.07) is 10.6. The van der Waals surface area contributed by atoms with E-state index in [1.807, 2.05) is 12.4 Å². The van der Waals surface area contributed by atoms with Gasteiger partial charge in [0.25, 0.3) is 0 Å². The Bertz CT molecular complexity index is 1020. The fourth-order valence-corrected chi connectivity index (χ4v) is 3.10. The number of H-pyrrole nitrogens is 1. The summed E-state index contributed by atoms with van der Waals surface area (Å²) >= 11 is 0. The zero-order valence-corrected chi connectivity index (χ0v) is 12.4. The zero-order chi connectivity index (χ0) is 15.7. The highest BCUT2D eigenvalue weighted by Crippen LogP contribution is 2.35. The number of hydrogen-bond acceptors (Lipinski definition) is 2. The molecule has 108 valence electrons. The summed E-state index contributed by atoms with van der Waals surface area (Å²) in [7, 11) is 0. The third-order valence-electron chi connectivity index (χ3n) is 4.09. The fourth-order valence-electron chi connectivity index (χ4n) is 3.10. The van der Waals surface area contributed by atoms with E-state index in [4.69, 9.17) is 11.1 Å². The average molecular weight is 289 g/mol. The molecule has 0 aliphatic rings. The molecule has 0 saturated carbocycles. The summed E-state index contributed by atoms with van der Waals surface area (Å²) in [6.07, 6.45) is 3.84. The Hall–Kier alpha value is -3.04. The lowest BCUT2D eigenvalue weighted by Gasteiger charge is -2.08. The van der Waals surface area contributed by atoms with Crippen molar-refractivity contribution in [3.63, 3.8) is 0 Å². The van der Waals surface area contributed by atoms with Crippen LogP contribution in [0, 0.1) is 19.4 Å². The van der Waals surface area contributed by atoms with E-state index in [2.05, 4.69) is 54.1 Å². The molecule has 0 amide bonds. The molecule has 4 aromatic rings. The third-order valence-corrected chi connectivity index (χ3v) is 4.09. The number of aromatic amines is 1. The number of aromatic nitrogens is 2. The lowest BCUT2D eigenvalue weighted by atomic mass is 9.97. The van der Waals surface area contributed by atoms with E-state index >= 15 is 0 Å². The summed E-state index contributed by atoms with van der Waals surface area (Å²) in [6.45, 7) is 4.37. The van der Waals surface area contributed by atoms with Crippen molar-refractivity contribution in [1.29, 1.82) is 5.53 Å². The number of aryl methyl sites for hydroxylation is 2. The molecule has 5 nitrogen and oxygen atoms in total. The van der Waals surface area contributed by atoms with Gasteiger partial charge < -0.3 is 4.98 Å². The number of nitrogens with one attached hydrogen (secondary N) is 2. The fraction of sp³-hybridized carbons (Fsp3) is 0.118. The van der Waals surface area contributed by atoms with Gasteiger partial charge in [-0.15, -0.1) is 5.53 Å². The molecule has 0 saturated heterocycles. The molecule has 2 heterocycles. The highest BCUT2D eigenvalue weighted by Gasteiger charge is 2.13. The second-order valence-corrected chi connectivity index (χ2v) is 5.19. The van der Waals surface area contributed by atoms with Crippen LogP contribution in [0.3, 0.4) is 0 Å². The van der Waals surface area contributed by atoms with E-state index < -0.39 is 0 Å². The van der Waals surface area contributed by atoms with Gasteiger partial charge in [-0.05, 0) is 52.9 Å². The van der Waals surface area contributed by atoms with Crippen molar-refractivity contribution in [1.82, 2.24) is 9.97 Å². The van der Waals surface area contributed by atoms with E-state index in [0.717, 1.165) is 0 Å². The molecule has 0 unspecified atom stereocenters. The van der Waals surface area contributed by atoms with Crippen LogP contribution in [0.15, 0.2) is 42.7 Å². The van der Waals surface area contributed by atoms with Gasteiger partial charge in [-0.25, -0.2) is 0 Å². The largest absolute Gasteiger partial charge is 0.354 e. The zero-order valence-electron chi connectivity index (χ0n) is 12.4. The van der Waals surface area contributed by atoms with Gasteiger partial charge in [-0.2, -0.15) is 0 Å². The Morgan fingerprint density at radius 2 is 1.77 bits per heavy atom. The monoisotopic (exact) mass is 289 g/mol. The standard InChI is InChI=1S/C17H14N2.HN3/c1-10-14-9-18-8-7-12(14)11(2)17-16(10)13-5-3-4-6-15(13)19-17;1-3-2/h3-9,19H,1-2H3;1H. The quantitative estimate of drug-likeness (QED) is 0.254. The van der Waals surface area contributed by atoms with Gasteiger partial charge in [0.2, 0.25) is 0 Å². The van der Waals surface area contributed by atoms with Crippen LogP contribution >= 0.6 is 0 Å². The first kappa shape index (κ1) is 13.9. The van der Waals surface area contributed by atoms with Crippen LogP contribution in [0.5, 0.6) is 0 Å². The molecular formula is C17H15N5. The SMILES string of the molecule is Cc1c2ccncc2c(C)c2c1[nH]c1ccccc12.[N-]=[N+]=N. The number of fused-ring (bicyclic) bond motifs is 4. The number of benzene rings is 2. The Kier molecular flexibility index (Phi) is 3.41. The van der Waals surface area contributed by atoms with Crippen LogP contribution in [-0.4, -0.2) is 9.97 Å². The summed E-state index contributed by atoms with van der Waals surface area (Å²) in [5, 5.41) is 5.15. The molecule has 0 bridgehead atoms. The molecule has 4 rings (SSSR count). The van der Waals surface area contributed by atoms with Gasteiger partial charge in [-0.3, -0.25) is 4.98 Å². The molecule has 2 aromatic carbocycles. The lowest BCUT2D eigenvalue weighted by molar-refractivity contribution is 1.35. The predicted molar refractivity (Wildman–Crippen MR) is 90.0 cm³/mol. The highest BCUT2D eigenvalue weighted by molar-refractivity contribution is 6.16. The van der Waals surface area contributed by atoms with E-state index in [0.29, 0.717) is 0 Å². The number of pyridine rings is 1. The number of hydrogen-bond donors (Lipinski definition) is 2. The van der Waals surface area contributed by atoms with Crippen molar-refractivity contribution in [2.24, 2.45) is 0 Å². The van der Waals surface area contributed by atoms with Crippen LogP contribution < -0.4 is 0 Å². The summed E-state index contributed by atoms with van der Waals surface area (Å²) in [5.41, 5.74) is 17.3. The van der Waals surface area contributed by atoms with Gasteiger partial charge >= 0.3 is 0 Å². The molecule has 0 aliphatic carbocycles.